The van der Waals surface area contributed by atoms with E-state index in [0.29, 0.717) is 10.9 Å². The van der Waals surface area contributed by atoms with E-state index in [-0.39, 0.29) is 0 Å². The summed E-state index contributed by atoms with van der Waals surface area (Å²) in [5, 5.41) is 0.691. The Morgan fingerprint density at radius 3 is 2.65 bits per heavy atom. The maximum atomic E-state index is 6.31. The van der Waals surface area contributed by atoms with Crippen LogP contribution < -0.4 is 5.73 Å². The first-order valence-electron chi connectivity index (χ1n) is 6.77. The number of nitrogens with two attached hydrogens (primary N) is 1. The summed E-state index contributed by atoms with van der Waals surface area (Å²) in [6.45, 7) is 7.29. The summed E-state index contributed by atoms with van der Waals surface area (Å²) in [5.74, 6) is 2.09. The lowest BCUT2D eigenvalue weighted by molar-refractivity contribution is 0.616. The molecule has 0 aliphatic carbocycles. The van der Waals surface area contributed by atoms with Crippen molar-refractivity contribution in [1.29, 1.82) is 0 Å². The van der Waals surface area contributed by atoms with Crippen LogP contribution in [0.15, 0.2) is 22.7 Å². The second-order valence-corrected chi connectivity index (χ2v) is 6.43. The van der Waals surface area contributed by atoms with Gasteiger partial charge >= 0.3 is 0 Å². The summed E-state index contributed by atoms with van der Waals surface area (Å²) in [5.41, 5.74) is 8.11. The standard InChI is InChI=1S/C15H19BrClN3/c1-4-7-20-14(18)13(19-15(20)9(2)3)11-6-5-10(17)8-12(11)16/h5-6,8-9H,4,7,18H2,1-3H3. The predicted octanol–water partition coefficient (Wildman–Crippen LogP) is 5.08. The summed E-state index contributed by atoms with van der Waals surface area (Å²) >= 11 is 9.53. The SMILES string of the molecule is CCCn1c(C(C)C)nc(-c2ccc(Cl)cc2Br)c1N. The van der Waals surface area contributed by atoms with Crippen LogP contribution in [0.3, 0.4) is 0 Å². The molecule has 0 radical (unpaired) electrons. The van der Waals surface area contributed by atoms with Crippen molar-refractivity contribution in [3.63, 3.8) is 0 Å². The third kappa shape index (κ3) is 2.86. The highest BCUT2D eigenvalue weighted by molar-refractivity contribution is 9.10. The molecule has 0 bridgehead atoms. The number of halogens is 2. The molecule has 2 N–H and O–H groups in total. The average molecular weight is 357 g/mol. The minimum absolute atomic E-state index is 0.337. The van der Waals surface area contributed by atoms with Gasteiger partial charge in [-0.25, -0.2) is 4.98 Å². The number of hydrogen-bond acceptors (Lipinski definition) is 2. The normalized spacial score (nSPS) is 11.3. The topological polar surface area (TPSA) is 43.8 Å². The van der Waals surface area contributed by atoms with Gasteiger partial charge in [0.1, 0.15) is 17.3 Å². The molecule has 0 unspecified atom stereocenters. The van der Waals surface area contributed by atoms with Gasteiger partial charge in [0, 0.05) is 27.5 Å². The molecule has 0 aliphatic heterocycles. The van der Waals surface area contributed by atoms with Gasteiger partial charge in [0.2, 0.25) is 0 Å². The van der Waals surface area contributed by atoms with Crippen LogP contribution in [0.25, 0.3) is 11.3 Å². The Morgan fingerprint density at radius 1 is 1.40 bits per heavy atom. The van der Waals surface area contributed by atoms with Crippen molar-refractivity contribution in [3.8, 4) is 11.3 Å². The van der Waals surface area contributed by atoms with Gasteiger partial charge in [-0.2, -0.15) is 0 Å². The van der Waals surface area contributed by atoms with Crippen molar-refractivity contribution in [2.45, 2.75) is 39.7 Å². The predicted molar refractivity (Wildman–Crippen MR) is 89.2 cm³/mol. The minimum Gasteiger partial charge on any atom is -0.383 e. The number of nitrogens with zero attached hydrogens (tertiary/aromatic N) is 2. The maximum absolute atomic E-state index is 6.31. The van der Waals surface area contributed by atoms with Crippen molar-refractivity contribution in [3.05, 3.63) is 33.5 Å². The number of anilines is 1. The highest BCUT2D eigenvalue weighted by atomic mass is 79.9. The van der Waals surface area contributed by atoms with Crippen molar-refractivity contribution < 1.29 is 0 Å². The number of imidazole rings is 1. The minimum atomic E-state index is 0.337. The molecular weight excluding hydrogens is 338 g/mol. The Labute approximate surface area is 133 Å². The van der Waals surface area contributed by atoms with Gasteiger partial charge in [-0.15, -0.1) is 0 Å². The van der Waals surface area contributed by atoms with Crippen LogP contribution in [0.4, 0.5) is 5.82 Å². The van der Waals surface area contributed by atoms with E-state index in [2.05, 4.69) is 41.3 Å². The largest absolute Gasteiger partial charge is 0.383 e. The van der Waals surface area contributed by atoms with E-state index >= 15 is 0 Å². The Morgan fingerprint density at radius 2 is 2.10 bits per heavy atom. The molecule has 2 aromatic rings. The number of rotatable bonds is 4. The zero-order valence-electron chi connectivity index (χ0n) is 12.0. The fourth-order valence-corrected chi connectivity index (χ4v) is 3.13. The number of benzene rings is 1. The van der Waals surface area contributed by atoms with Crippen LogP contribution in [0.2, 0.25) is 5.02 Å². The van der Waals surface area contributed by atoms with Gasteiger partial charge < -0.3 is 10.3 Å². The van der Waals surface area contributed by atoms with Crippen molar-refractivity contribution >= 4 is 33.3 Å². The summed E-state index contributed by atoms with van der Waals surface area (Å²) in [4.78, 5) is 4.75. The first-order chi connectivity index (χ1) is 9.45. The van der Waals surface area contributed by atoms with Crippen molar-refractivity contribution in [2.75, 3.05) is 5.73 Å². The van der Waals surface area contributed by atoms with Crippen LogP contribution in [-0.4, -0.2) is 9.55 Å². The van der Waals surface area contributed by atoms with E-state index in [1.807, 2.05) is 18.2 Å². The van der Waals surface area contributed by atoms with E-state index in [0.717, 1.165) is 40.3 Å². The van der Waals surface area contributed by atoms with E-state index in [9.17, 15) is 0 Å². The molecule has 0 aliphatic rings. The smallest absolute Gasteiger partial charge is 0.131 e. The average Bonchev–Trinajstić information content (AvgIpc) is 2.68. The summed E-state index contributed by atoms with van der Waals surface area (Å²) in [7, 11) is 0. The lowest BCUT2D eigenvalue weighted by Crippen LogP contribution is -2.08. The van der Waals surface area contributed by atoms with Crippen LogP contribution in [-0.2, 0) is 6.54 Å². The van der Waals surface area contributed by atoms with Crippen LogP contribution >= 0.6 is 27.5 Å². The van der Waals surface area contributed by atoms with Gasteiger partial charge in [0.05, 0.1) is 0 Å². The van der Waals surface area contributed by atoms with Gasteiger partial charge in [-0.05, 0) is 18.6 Å². The molecule has 1 aromatic carbocycles. The quantitative estimate of drug-likeness (QED) is 0.830. The van der Waals surface area contributed by atoms with Crippen LogP contribution in [0.1, 0.15) is 38.9 Å². The van der Waals surface area contributed by atoms with E-state index in [1.165, 1.54) is 0 Å². The van der Waals surface area contributed by atoms with Gasteiger partial charge in [0.15, 0.2) is 0 Å². The lowest BCUT2D eigenvalue weighted by atomic mass is 10.1. The fourth-order valence-electron chi connectivity index (χ4n) is 2.26. The first-order valence-corrected chi connectivity index (χ1v) is 7.94. The second-order valence-electron chi connectivity index (χ2n) is 5.13. The second kappa shape index (κ2) is 6.19. The molecule has 0 saturated carbocycles. The third-order valence-corrected chi connectivity index (χ3v) is 4.08. The molecule has 108 valence electrons. The molecule has 0 fully saturated rings. The molecule has 1 heterocycles. The molecule has 5 heteroatoms. The number of nitrogen functional groups attached to an aromatic ring is 1. The van der Waals surface area contributed by atoms with Crippen LogP contribution in [0, 0.1) is 0 Å². The Kier molecular flexibility index (Phi) is 4.76. The number of hydrogen-bond donors (Lipinski definition) is 1. The molecule has 20 heavy (non-hydrogen) atoms. The maximum Gasteiger partial charge on any atom is 0.131 e. The summed E-state index contributed by atoms with van der Waals surface area (Å²) < 4.78 is 3.02. The molecule has 1 aromatic heterocycles. The Bertz CT molecular complexity index is 620. The Balaban J connectivity index is 2.60. The monoisotopic (exact) mass is 355 g/mol. The van der Waals surface area contributed by atoms with E-state index in [4.69, 9.17) is 22.3 Å². The number of aromatic nitrogens is 2. The molecule has 3 nitrogen and oxygen atoms in total. The molecule has 0 spiro atoms. The fraction of sp³-hybridized carbons (Fsp3) is 0.400. The Hall–Kier alpha value is -1.00. The highest BCUT2D eigenvalue weighted by Crippen LogP contribution is 2.35. The molecule has 0 amide bonds. The lowest BCUT2D eigenvalue weighted by Gasteiger charge is -2.10. The summed E-state index contributed by atoms with van der Waals surface area (Å²) in [6, 6.07) is 5.67. The van der Waals surface area contributed by atoms with Gasteiger partial charge in [0.25, 0.3) is 0 Å². The van der Waals surface area contributed by atoms with Crippen molar-refractivity contribution in [1.82, 2.24) is 9.55 Å². The molecule has 2 rings (SSSR count). The first kappa shape index (κ1) is 15.4. The summed E-state index contributed by atoms with van der Waals surface area (Å²) in [6.07, 6.45) is 1.03. The third-order valence-electron chi connectivity index (χ3n) is 3.19. The van der Waals surface area contributed by atoms with Gasteiger partial charge in [-0.1, -0.05) is 54.4 Å². The van der Waals surface area contributed by atoms with Crippen LogP contribution in [0.5, 0.6) is 0 Å². The van der Waals surface area contributed by atoms with E-state index in [1.54, 1.807) is 0 Å². The molecule has 0 atom stereocenters. The zero-order valence-corrected chi connectivity index (χ0v) is 14.3. The molecule has 0 saturated heterocycles. The highest BCUT2D eigenvalue weighted by Gasteiger charge is 2.19. The zero-order chi connectivity index (χ0) is 14.9. The van der Waals surface area contributed by atoms with Gasteiger partial charge in [-0.3, -0.25) is 0 Å². The molecular formula is C15H19BrClN3. The van der Waals surface area contributed by atoms with Crippen molar-refractivity contribution in [2.24, 2.45) is 0 Å². The van der Waals surface area contributed by atoms with E-state index < -0.39 is 0 Å².